The standard InChI is InChI=1S/C27H24ClF3N2O3S2/c1-36-17-7-4-13(5-8-17)21-22-14-2-3-15(10-14)23(22)37-25-24(21)38-26(35)33(25)12-20(34)32-19-11-16(27(29,30)31)6-9-18(19)28/h4-9,11,14-15,21-23H,2-3,10,12H2,1H3,(H,32,34)/t14-,15-,21+,22-,23-/m1/s1. The smallest absolute Gasteiger partial charge is 0.416 e. The number of thioether (sulfide) groups is 1. The largest absolute Gasteiger partial charge is 0.497 e. The van der Waals surface area contributed by atoms with Gasteiger partial charge >= 0.3 is 11.0 Å². The number of amides is 1. The van der Waals surface area contributed by atoms with Gasteiger partial charge in [0, 0.05) is 16.0 Å². The quantitative estimate of drug-likeness (QED) is 0.357. The molecule has 2 saturated carbocycles. The van der Waals surface area contributed by atoms with Gasteiger partial charge in [-0.2, -0.15) is 13.2 Å². The predicted octanol–water partition coefficient (Wildman–Crippen LogP) is 6.88. The highest BCUT2D eigenvalue weighted by Crippen LogP contribution is 2.64. The first-order valence-corrected chi connectivity index (χ1v) is 14.4. The maximum absolute atomic E-state index is 13.2. The van der Waals surface area contributed by atoms with Crippen molar-refractivity contribution in [1.82, 2.24) is 4.57 Å². The van der Waals surface area contributed by atoms with Crippen molar-refractivity contribution in [2.75, 3.05) is 12.4 Å². The maximum atomic E-state index is 13.2. The van der Waals surface area contributed by atoms with Gasteiger partial charge in [0.1, 0.15) is 12.3 Å². The normalized spacial score (nSPS) is 25.7. The van der Waals surface area contributed by atoms with Crippen LogP contribution in [0.25, 0.3) is 0 Å². The zero-order chi connectivity index (χ0) is 26.8. The number of fused-ring (bicyclic) bond motifs is 6. The van der Waals surface area contributed by atoms with Crippen LogP contribution in [0.4, 0.5) is 18.9 Å². The Bertz CT molecular complexity index is 1450. The molecule has 3 aromatic rings. The summed E-state index contributed by atoms with van der Waals surface area (Å²) in [5.74, 6) is 1.81. The predicted molar refractivity (Wildman–Crippen MR) is 142 cm³/mol. The minimum absolute atomic E-state index is 0.00943. The molecule has 2 aliphatic carbocycles. The number of carbonyl (C=O) groups is 1. The third-order valence-electron chi connectivity index (χ3n) is 8.04. The van der Waals surface area contributed by atoms with Crippen LogP contribution in [-0.2, 0) is 17.5 Å². The number of hydrogen-bond donors (Lipinski definition) is 1. The Morgan fingerprint density at radius 1 is 1.16 bits per heavy atom. The van der Waals surface area contributed by atoms with Crippen molar-refractivity contribution < 1.29 is 22.7 Å². The zero-order valence-electron chi connectivity index (χ0n) is 20.3. The first kappa shape index (κ1) is 25.8. The molecule has 1 aromatic heterocycles. The SMILES string of the molecule is COc1ccc([C@@H]2c3sc(=O)n(CC(=O)Nc4cc(C(F)(F)F)ccc4Cl)c3S[C@@H]3[C@@H]4CC[C@H](C4)[C@H]23)cc1. The molecule has 0 radical (unpaired) electrons. The Balaban J connectivity index is 1.33. The number of hydrogen-bond acceptors (Lipinski definition) is 5. The van der Waals surface area contributed by atoms with E-state index in [2.05, 4.69) is 17.4 Å². The summed E-state index contributed by atoms with van der Waals surface area (Å²) in [5.41, 5.74) is 0.0755. The molecule has 200 valence electrons. The average Bonchev–Trinajstić information content (AvgIpc) is 3.58. The Labute approximate surface area is 230 Å². The van der Waals surface area contributed by atoms with Crippen LogP contribution >= 0.6 is 34.7 Å². The molecule has 2 bridgehead atoms. The number of aromatic nitrogens is 1. The number of rotatable bonds is 5. The number of alkyl halides is 3. The first-order chi connectivity index (χ1) is 18.1. The van der Waals surface area contributed by atoms with Gasteiger partial charge in [0.25, 0.3) is 0 Å². The number of methoxy groups -OCH3 is 1. The second-order valence-corrected chi connectivity index (χ2v) is 12.7. The maximum Gasteiger partial charge on any atom is 0.416 e. The van der Waals surface area contributed by atoms with E-state index in [4.69, 9.17) is 16.3 Å². The van der Waals surface area contributed by atoms with Crippen LogP contribution in [0.15, 0.2) is 52.3 Å². The number of thiazole rings is 1. The molecule has 5 nitrogen and oxygen atoms in total. The lowest BCUT2D eigenvalue weighted by Gasteiger charge is -2.40. The summed E-state index contributed by atoms with van der Waals surface area (Å²) in [7, 11) is 1.62. The molecule has 3 aliphatic rings. The van der Waals surface area contributed by atoms with Gasteiger partial charge in [0.05, 0.1) is 28.4 Å². The van der Waals surface area contributed by atoms with Gasteiger partial charge in [-0.1, -0.05) is 35.1 Å². The fourth-order valence-electron chi connectivity index (χ4n) is 6.40. The van der Waals surface area contributed by atoms with Crippen molar-refractivity contribution in [1.29, 1.82) is 0 Å². The first-order valence-electron chi connectivity index (χ1n) is 12.3. The van der Waals surface area contributed by atoms with Crippen molar-refractivity contribution in [3.05, 3.63) is 73.2 Å². The van der Waals surface area contributed by atoms with E-state index in [1.807, 2.05) is 12.1 Å². The molecule has 1 N–H and O–H groups in total. The van der Waals surface area contributed by atoms with E-state index in [1.54, 1.807) is 18.9 Å². The van der Waals surface area contributed by atoms with E-state index in [-0.39, 0.29) is 28.0 Å². The summed E-state index contributed by atoms with van der Waals surface area (Å²) in [6.07, 6.45) is -1.02. The number of ether oxygens (including phenoxy) is 1. The average molecular weight is 581 g/mol. The minimum atomic E-state index is -4.57. The molecule has 0 unspecified atom stereocenters. The molecule has 2 aromatic carbocycles. The van der Waals surface area contributed by atoms with Crippen LogP contribution in [0.5, 0.6) is 5.75 Å². The fraction of sp³-hybridized carbons (Fsp3) is 0.407. The topological polar surface area (TPSA) is 60.3 Å². The third-order valence-corrected chi connectivity index (χ3v) is 11.2. The van der Waals surface area contributed by atoms with Crippen molar-refractivity contribution in [3.8, 4) is 5.75 Å². The molecule has 38 heavy (non-hydrogen) atoms. The lowest BCUT2D eigenvalue weighted by Crippen LogP contribution is -2.34. The van der Waals surface area contributed by atoms with E-state index in [0.717, 1.165) is 50.8 Å². The summed E-state index contributed by atoms with van der Waals surface area (Å²) in [6, 6.07) is 10.8. The second-order valence-electron chi connectivity index (χ2n) is 10.1. The van der Waals surface area contributed by atoms with Crippen LogP contribution in [0, 0.1) is 17.8 Å². The molecule has 1 amide bonds. The van der Waals surface area contributed by atoms with Crippen molar-refractivity contribution in [3.63, 3.8) is 0 Å². The summed E-state index contributed by atoms with van der Waals surface area (Å²) in [5, 5.41) is 3.61. The Morgan fingerprint density at radius 2 is 1.89 bits per heavy atom. The number of carbonyl (C=O) groups excluding carboxylic acids is 1. The molecule has 0 spiro atoms. The van der Waals surface area contributed by atoms with E-state index < -0.39 is 17.6 Å². The highest BCUT2D eigenvalue weighted by molar-refractivity contribution is 8.00. The van der Waals surface area contributed by atoms with Gasteiger partial charge in [-0.15, -0.1) is 11.8 Å². The van der Waals surface area contributed by atoms with Gasteiger partial charge < -0.3 is 10.1 Å². The van der Waals surface area contributed by atoms with Crippen molar-refractivity contribution in [2.24, 2.45) is 17.8 Å². The number of nitrogens with zero attached hydrogens (tertiary/aromatic N) is 1. The third kappa shape index (κ3) is 4.44. The summed E-state index contributed by atoms with van der Waals surface area (Å²) in [6.45, 7) is -0.301. The zero-order valence-corrected chi connectivity index (χ0v) is 22.6. The van der Waals surface area contributed by atoms with Crippen LogP contribution in [0.2, 0.25) is 5.02 Å². The molecule has 2 fully saturated rings. The Hall–Kier alpha value is -2.43. The number of halogens is 4. The summed E-state index contributed by atoms with van der Waals surface area (Å²) in [4.78, 5) is 26.9. The lowest BCUT2D eigenvalue weighted by atomic mass is 9.75. The van der Waals surface area contributed by atoms with Crippen molar-refractivity contribution in [2.45, 2.75) is 48.2 Å². The number of nitrogens with one attached hydrogen (secondary N) is 1. The Kier molecular flexibility index (Phi) is 6.55. The highest BCUT2D eigenvalue weighted by Gasteiger charge is 2.55. The van der Waals surface area contributed by atoms with Crippen LogP contribution in [-0.4, -0.2) is 22.8 Å². The van der Waals surface area contributed by atoms with E-state index >= 15 is 0 Å². The molecule has 2 heterocycles. The minimum Gasteiger partial charge on any atom is -0.497 e. The van der Waals surface area contributed by atoms with Crippen LogP contribution in [0.1, 0.15) is 41.2 Å². The van der Waals surface area contributed by atoms with Gasteiger partial charge in [0.2, 0.25) is 5.91 Å². The van der Waals surface area contributed by atoms with E-state index in [0.29, 0.717) is 23.0 Å². The lowest BCUT2D eigenvalue weighted by molar-refractivity contribution is -0.137. The molecule has 11 heteroatoms. The van der Waals surface area contributed by atoms with E-state index in [1.165, 1.54) is 23.8 Å². The van der Waals surface area contributed by atoms with Gasteiger partial charge in [-0.3, -0.25) is 14.2 Å². The number of anilines is 1. The van der Waals surface area contributed by atoms with Crippen LogP contribution in [0.3, 0.4) is 0 Å². The summed E-state index contributed by atoms with van der Waals surface area (Å²) >= 11 is 8.92. The summed E-state index contributed by atoms with van der Waals surface area (Å²) < 4.78 is 46.3. The van der Waals surface area contributed by atoms with E-state index in [9.17, 15) is 22.8 Å². The molecule has 0 saturated heterocycles. The molecule has 5 atom stereocenters. The van der Waals surface area contributed by atoms with Crippen molar-refractivity contribution >= 4 is 46.3 Å². The molecule has 6 rings (SSSR count). The monoisotopic (exact) mass is 580 g/mol. The van der Waals surface area contributed by atoms with Gasteiger partial charge in [-0.25, -0.2) is 0 Å². The van der Waals surface area contributed by atoms with Gasteiger partial charge in [-0.05, 0) is 72.9 Å². The Morgan fingerprint density at radius 3 is 2.61 bits per heavy atom. The number of benzene rings is 2. The second kappa shape index (κ2) is 9.64. The fourth-order valence-corrected chi connectivity index (χ4v) is 9.72. The van der Waals surface area contributed by atoms with Gasteiger partial charge in [0.15, 0.2) is 0 Å². The molecular formula is C27H24ClF3N2O3S2. The molecular weight excluding hydrogens is 557 g/mol. The highest BCUT2D eigenvalue weighted by atomic mass is 35.5. The van der Waals surface area contributed by atoms with Crippen LogP contribution < -0.4 is 14.9 Å². The molecule has 1 aliphatic heterocycles.